The zero-order valence-electron chi connectivity index (χ0n) is 7.29. The third-order valence-corrected chi connectivity index (χ3v) is 4.06. The van der Waals surface area contributed by atoms with E-state index in [0.717, 1.165) is 5.92 Å². The lowest BCUT2D eigenvalue weighted by Crippen LogP contribution is -2.06. The summed E-state index contributed by atoms with van der Waals surface area (Å²) in [6.07, 6.45) is 5.77. The van der Waals surface area contributed by atoms with Gasteiger partial charge >= 0.3 is 0 Å². The predicted molar refractivity (Wildman–Crippen MR) is 56.5 cm³/mol. The fourth-order valence-electron chi connectivity index (χ4n) is 1.86. The smallest absolute Gasteiger partial charge is 0.0125 e. The molecule has 1 aromatic rings. The Labute approximate surface area is 76.2 Å². The van der Waals surface area contributed by atoms with Gasteiger partial charge in [-0.15, -0.1) is 8.58 Å². The predicted octanol–water partition coefficient (Wildman–Crippen LogP) is 3.24. The monoisotopic (exact) mass is 178 g/mol. The van der Waals surface area contributed by atoms with Crippen LogP contribution in [0.5, 0.6) is 0 Å². The first kappa shape index (κ1) is 8.26. The van der Waals surface area contributed by atoms with Crippen molar-refractivity contribution in [2.75, 3.05) is 12.3 Å². The fourth-order valence-corrected chi connectivity index (χ4v) is 3.31. The lowest BCUT2D eigenvalue weighted by Gasteiger charge is -2.21. The van der Waals surface area contributed by atoms with Gasteiger partial charge in [-0.1, -0.05) is 30.3 Å². The minimum absolute atomic E-state index is 0.873. The van der Waals surface area contributed by atoms with E-state index in [0.29, 0.717) is 0 Å². The Kier molecular flexibility index (Phi) is 2.79. The Morgan fingerprint density at radius 1 is 1.17 bits per heavy atom. The summed E-state index contributed by atoms with van der Waals surface area (Å²) in [7, 11) is 1.21. The molecule has 1 fully saturated rings. The molecule has 0 radical (unpaired) electrons. The van der Waals surface area contributed by atoms with Crippen molar-refractivity contribution in [1.29, 1.82) is 0 Å². The van der Waals surface area contributed by atoms with Gasteiger partial charge in [0.2, 0.25) is 0 Å². The lowest BCUT2D eigenvalue weighted by atomic mass is 9.96. The average molecular weight is 178 g/mol. The second-order valence-electron chi connectivity index (χ2n) is 3.45. The standard InChI is InChI=1S/C11H15P/c1-2-5-10(6-3-1)11-7-4-8-12-9-11/h1-3,5-6,11-12H,4,7-9H2. The van der Waals surface area contributed by atoms with Gasteiger partial charge in [-0.3, -0.25) is 0 Å². The molecule has 64 valence electrons. The number of hydrogen-bond acceptors (Lipinski definition) is 0. The Bertz CT molecular complexity index is 224. The van der Waals surface area contributed by atoms with Gasteiger partial charge in [0, 0.05) is 0 Å². The molecule has 2 rings (SSSR count). The first-order valence-electron chi connectivity index (χ1n) is 4.72. The van der Waals surface area contributed by atoms with E-state index in [9.17, 15) is 0 Å². The van der Waals surface area contributed by atoms with E-state index >= 15 is 0 Å². The molecule has 0 N–H and O–H groups in total. The highest BCUT2D eigenvalue weighted by molar-refractivity contribution is 7.38. The van der Waals surface area contributed by atoms with Crippen molar-refractivity contribution in [2.45, 2.75) is 18.8 Å². The maximum atomic E-state index is 2.28. The van der Waals surface area contributed by atoms with Crippen LogP contribution in [0.1, 0.15) is 24.3 Å². The van der Waals surface area contributed by atoms with Crippen LogP contribution in [-0.2, 0) is 0 Å². The van der Waals surface area contributed by atoms with Crippen LogP contribution in [0.15, 0.2) is 30.3 Å². The molecule has 0 spiro atoms. The normalized spacial score (nSPS) is 25.8. The van der Waals surface area contributed by atoms with Crippen molar-refractivity contribution in [3.05, 3.63) is 35.9 Å². The van der Waals surface area contributed by atoms with Crippen LogP contribution >= 0.6 is 8.58 Å². The first-order chi connectivity index (χ1) is 5.97. The molecule has 0 nitrogen and oxygen atoms in total. The quantitative estimate of drug-likeness (QED) is 0.579. The van der Waals surface area contributed by atoms with E-state index in [2.05, 4.69) is 30.3 Å². The fraction of sp³-hybridized carbons (Fsp3) is 0.455. The van der Waals surface area contributed by atoms with E-state index in [1.165, 1.54) is 33.7 Å². The van der Waals surface area contributed by atoms with E-state index in [4.69, 9.17) is 0 Å². The van der Waals surface area contributed by atoms with Crippen LogP contribution < -0.4 is 0 Å². The number of benzene rings is 1. The van der Waals surface area contributed by atoms with E-state index in [1.807, 2.05) is 0 Å². The molecule has 0 amide bonds. The number of rotatable bonds is 1. The molecule has 1 heteroatoms. The molecule has 12 heavy (non-hydrogen) atoms. The summed E-state index contributed by atoms with van der Waals surface area (Å²) in [5, 5.41) is 0. The minimum atomic E-state index is 0.873. The molecule has 2 atom stereocenters. The Balaban J connectivity index is 2.08. The summed E-state index contributed by atoms with van der Waals surface area (Å²) < 4.78 is 0. The van der Waals surface area contributed by atoms with Crippen molar-refractivity contribution < 1.29 is 0 Å². The SMILES string of the molecule is c1ccc(C2CCCPC2)cc1. The van der Waals surface area contributed by atoms with Crippen LogP contribution in [0.2, 0.25) is 0 Å². The molecular formula is C11H15P. The third kappa shape index (κ3) is 1.87. The Hall–Kier alpha value is -0.350. The second-order valence-corrected chi connectivity index (χ2v) is 4.86. The van der Waals surface area contributed by atoms with Gasteiger partial charge in [0.15, 0.2) is 0 Å². The van der Waals surface area contributed by atoms with Gasteiger partial charge in [0.25, 0.3) is 0 Å². The Morgan fingerprint density at radius 3 is 2.67 bits per heavy atom. The largest absolute Gasteiger partial charge is 0.121 e. The maximum absolute atomic E-state index is 2.28. The third-order valence-electron chi connectivity index (χ3n) is 2.57. The van der Waals surface area contributed by atoms with Gasteiger partial charge in [0.05, 0.1) is 0 Å². The van der Waals surface area contributed by atoms with Gasteiger partial charge < -0.3 is 0 Å². The molecule has 1 aliphatic rings. The molecule has 0 aliphatic carbocycles. The van der Waals surface area contributed by atoms with Crippen LogP contribution in [-0.4, -0.2) is 12.3 Å². The van der Waals surface area contributed by atoms with Gasteiger partial charge in [-0.2, -0.15) is 0 Å². The van der Waals surface area contributed by atoms with Gasteiger partial charge in [-0.25, -0.2) is 0 Å². The highest BCUT2D eigenvalue weighted by Crippen LogP contribution is 2.34. The average Bonchev–Trinajstić information content (AvgIpc) is 2.21. The summed E-state index contributed by atoms with van der Waals surface area (Å²) in [6, 6.07) is 11.0. The highest BCUT2D eigenvalue weighted by atomic mass is 31.1. The zero-order valence-corrected chi connectivity index (χ0v) is 8.29. The molecule has 1 aromatic carbocycles. The van der Waals surface area contributed by atoms with Crippen molar-refractivity contribution in [1.82, 2.24) is 0 Å². The minimum Gasteiger partial charge on any atom is -0.121 e. The van der Waals surface area contributed by atoms with E-state index in [1.54, 1.807) is 5.56 Å². The highest BCUT2D eigenvalue weighted by Gasteiger charge is 2.14. The zero-order chi connectivity index (χ0) is 8.23. The molecule has 2 unspecified atom stereocenters. The maximum Gasteiger partial charge on any atom is -0.0125 e. The molecule has 0 saturated carbocycles. The topological polar surface area (TPSA) is 0 Å². The van der Waals surface area contributed by atoms with Crippen molar-refractivity contribution in [3.63, 3.8) is 0 Å². The molecular weight excluding hydrogens is 163 g/mol. The lowest BCUT2D eigenvalue weighted by molar-refractivity contribution is 0.655. The van der Waals surface area contributed by atoms with Crippen LogP contribution in [0.25, 0.3) is 0 Å². The molecule has 1 aliphatic heterocycles. The van der Waals surface area contributed by atoms with Crippen molar-refractivity contribution in [3.8, 4) is 0 Å². The summed E-state index contributed by atoms with van der Waals surface area (Å²) in [6.45, 7) is 0. The van der Waals surface area contributed by atoms with Gasteiger partial charge in [-0.05, 0) is 36.6 Å². The van der Waals surface area contributed by atoms with Crippen LogP contribution in [0.3, 0.4) is 0 Å². The van der Waals surface area contributed by atoms with Crippen LogP contribution in [0.4, 0.5) is 0 Å². The molecule has 0 bridgehead atoms. The Morgan fingerprint density at radius 2 is 2.00 bits per heavy atom. The summed E-state index contributed by atoms with van der Waals surface area (Å²) in [5.74, 6) is 0.873. The second kappa shape index (κ2) is 4.05. The molecule has 1 saturated heterocycles. The van der Waals surface area contributed by atoms with Crippen LogP contribution in [0, 0.1) is 0 Å². The first-order valence-corrected chi connectivity index (χ1v) is 6.14. The molecule has 1 heterocycles. The summed E-state index contributed by atoms with van der Waals surface area (Å²) in [5.41, 5.74) is 1.56. The van der Waals surface area contributed by atoms with E-state index in [-0.39, 0.29) is 0 Å². The van der Waals surface area contributed by atoms with Crippen molar-refractivity contribution in [2.24, 2.45) is 0 Å². The summed E-state index contributed by atoms with van der Waals surface area (Å²) >= 11 is 0. The van der Waals surface area contributed by atoms with E-state index < -0.39 is 0 Å². The van der Waals surface area contributed by atoms with Crippen molar-refractivity contribution >= 4 is 8.58 Å². The molecule has 0 aromatic heterocycles. The summed E-state index contributed by atoms with van der Waals surface area (Å²) in [4.78, 5) is 0. The van der Waals surface area contributed by atoms with Gasteiger partial charge in [0.1, 0.15) is 0 Å². The number of hydrogen-bond donors (Lipinski definition) is 0.